The molecule has 1 unspecified atom stereocenters. The van der Waals surface area contributed by atoms with Gasteiger partial charge in [0.05, 0.1) is 12.6 Å². The Hall–Kier alpha value is -3.22. The van der Waals surface area contributed by atoms with E-state index in [1.165, 1.54) is 11.3 Å². The van der Waals surface area contributed by atoms with Crippen LogP contribution in [0.4, 0.5) is 5.69 Å². The lowest BCUT2D eigenvalue weighted by molar-refractivity contribution is -0.127. The molecule has 2 aromatic carbocycles. The normalized spacial score (nSPS) is 15.4. The Balaban J connectivity index is 1.68. The first-order valence-electron chi connectivity index (χ1n) is 11.3. The first kappa shape index (κ1) is 23.4. The molecule has 0 aliphatic carbocycles. The molecule has 2 N–H and O–H groups in total. The van der Waals surface area contributed by atoms with E-state index in [0.29, 0.717) is 19.1 Å². The molecule has 0 radical (unpaired) electrons. The van der Waals surface area contributed by atoms with Crippen molar-refractivity contribution in [3.8, 4) is 5.75 Å². The van der Waals surface area contributed by atoms with Crippen LogP contribution in [0.2, 0.25) is 0 Å². The van der Waals surface area contributed by atoms with Gasteiger partial charge in [0.1, 0.15) is 12.3 Å². The number of hydrogen-bond donors (Lipinski definition) is 2. The van der Waals surface area contributed by atoms with Crippen LogP contribution in [0, 0.1) is 6.92 Å². The van der Waals surface area contributed by atoms with Crippen molar-refractivity contribution in [3.63, 3.8) is 0 Å². The topological polar surface area (TPSA) is 69.2 Å². The number of aryl methyl sites for hydroxylation is 1. The second-order valence-corrected chi connectivity index (χ2v) is 8.17. The number of benzene rings is 2. The Morgan fingerprint density at radius 3 is 2.75 bits per heavy atom. The fourth-order valence-corrected chi connectivity index (χ4v) is 3.70. The van der Waals surface area contributed by atoms with Gasteiger partial charge >= 0.3 is 0 Å². The van der Waals surface area contributed by atoms with Crippen LogP contribution in [0.3, 0.4) is 0 Å². The third-order valence-electron chi connectivity index (χ3n) is 5.56. The number of rotatable bonds is 8. The van der Waals surface area contributed by atoms with Gasteiger partial charge in [0.2, 0.25) is 5.91 Å². The van der Waals surface area contributed by atoms with E-state index >= 15 is 0 Å². The number of anilines is 1. The van der Waals surface area contributed by atoms with Gasteiger partial charge in [-0.2, -0.15) is 0 Å². The molecule has 7 nitrogen and oxygen atoms in total. The Morgan fingerprint density at radius 1 is 1.19 bits per heavy atom. The Labute approximate surface area is 191 Å². The highest BCUT2D eigenvalue weighted by Gasteiger charge is 2.22. The Bertz CT molecular complexity index is 928. The zero-order valence-corrected chi connectivity index (χ0v) is 19.6. The van der Waals surface area contributed by atoms with E-state index in [1.54, 1.807) is 19.0 Å². The number of aliphatic imine (C=N–C) groups is 1. The number of carbonyl (C=O) groups excluding carboxylic acids is 1. The third-order valence-corrected chi connectivity index (χ3v) is 5.56. The number of carbonyl (C=O) groups is 1. The van der Waals surface area contributed by atoms with E-state index in [9.17, 15) is 4.79 Å². The summed E-state index contributed by atoms with van der Waals surface area (Å²) >= 11 is 0. The summed E-state index contributed by atoms with van der Waals surface area (Å²) in [5, 5.41) is 6.94. The highest BCUT2D eigenvalue weighted by molar-refractivity contribution is 5.85. The predicted molar refractivity (Wildman–Crippen MR) is 130 cm³/mol. The molecule has 0 spiro atoms. The van der Waals surface area contributed by atoms with Crippen molar-refractivity contribution < 1.29 is 9.53 Å². The maximum atomic E-state index is 12.1. The van der Waals surface area contributed by atoms with Gasteiger partial charge in [0, 0.05) is 51.4 Å². The van der Waals surface area contributed by atoms with Crippen LogP contribution >= 0.6 is 0 Å². The number of amides is 1. The summed E-state index contributed by atoms with van der Waals surface area (Å²) in [6.45, 7) is 7.46. The molecule has 3 rings (SSSR count). The van der Waals surface area contributed by atoms with Crippen molar-refractivity contribution in [1.29, 1.82) is 0 Å². The number of para-hydroxylation sites is 1. The minimum atomic E-state index is -0.0339. The quantitative estimate of drug-likeness (QED) is 0.491. The zero-order valence-electron chi connectivity index (χ0n) is 19.6. The first-order chi connectivity index (χ1) is 15.5. The molecule has 1 atom stereocenters. The first-order valence-corrected chi connectivity index (χ1v) is 11.3. The van der Waals surface area contributed by atoms with Crippen LogP contribution in [-0.4, -0.2) is 63.6 Å². The van der Waals surface area contributed by atoms with E-state index in [-0.39, 0.29) is 18.5 Å². The van der Waals surface area contributed by atoms with Gasteiger partial charge in [-0.1, -0.05) is 30.3 Å². The van der Waals surface area contributed by atoms with Gasteiger partial charge in [-0.15, -0.1) is 0 Å². The fraction of sp³-hybridized carbons (Fsp3) is 0.440. The molecule has 0 saturated heterocycles. The van der Waals surface area contributed by atoms with Gasteiger partial charge < -0.3 is 25.2 Å². The number of hydrogen-bond acceptors (Lipinski definition) is 4. The van der Waals surface area contributed by atoms with Crippen LogP contribution in [0.25, 0.3) is 0 Å². The second kappa shape index (κ2) is 11.4. The summed E-state index contributed by atoms with van der Waals surface area (Å²) in [7, 11) is 3.49. The summed E-state index contributed by atoms with van der Waals surface area (Å²) < 4.78 is 5.78. The van der Waals surface area contributed by atoms with E-state index < -0.39 is 0 Å². The Morgan fingerprint density at radius 2 is 2.00 bits per heavy atom. The lowest BCUT2D eigenvalue weighted by atomic mass is 10.0. The number of fused-ring (bicyclic) bond motifs is 1. The molecule has 172 valence electrons. The van der Waals surface area contributed by atoms with Crippen LogP contribution < -0.4 is 20.3 Å². The monoisotopic (exact) mass is 437 g/mol. The molecular weight excluding hydrogens is 402 g/mol. The minimum Gasteiger partial charge on any atom is -0.493 e. The molecule has 0 fully saturated rings. The average Bonchev–Trinajstić information content (AvgIpc) is 2.80. The molecule has 1 aliphatic rings. The van der Waals surface area contributed by atoms with Crippen molar-refractivity contribution in [2.45, 2.75) is 26.3 Å². The number of nitrogens with zero attached hydrogens (tertiary/aromatic N) is 3. The van der Waals surface area contributed by atoms with Crippen molar-refractivity contribution >= 4 is 17.6 Å². The lowest BCUT2D eigenvalue weighted by Crippen LogP contribution is -2.44. The SMILES string of the molecule is CCN(CCNC(=NCC(=O)N(C)C)NC1CCOc2ccccc21)c1cccc(C)c1. The van der Waals surface area contributed by atoms with E-state index in [2.05, 4.69) is 64.7 Å². The number of ether oxygens (including phenoxy) is 1. The van der Waals surface area contributed by atoms with Crippen molar-refractivity contribution in [1.82, 2.24) is 15.5 Å². The molecule has 1 heterocycles. The Kier molecular flexibility index (Phi) is 8.36. The maximum absolute atomic E-state index is 12.1. The zero-order chi connectivity index (χ0) is 22.9. The summed E-state index contributed by atoms with van der Waals surface area (Å²) in [6.07, 6.45) is 0.837. The second-order valence-electron chi connectivity index (χ2n) is 8.17. The summed E-state index contributed by atoms with van der Waals surface area (Å²) in [4.78, 5) is 20.6. The lowest BCUT2D eigenvalue weighted by Gasteiger charge is -2.29. The maximum Gasteiger partial charge on any atom is 0.243 e. The number of nitrogens with one attached hydrogen (secondary N) is 2. The van der Waals surface area contributed by atoms with Crippen molar-refractivity contribution in [3.05, 3.63) is 59.7 Å². The minimum absolute atomic E-state index is 0.0339. The van der Waals surface area contributed by atoms with Crippen LogP contribution in [0.5, 0.6) is 5.75 Å². The van der Waals surface area contributed by atoms with Gasteiger partial charge in [0.25, 0.3) is 0 Å². The molecule has 7 heteroatoms. The van der Waals surface area contributed by atoms with Gasteiger partial charge in [-0.05, 0) is 37.6 Å². The fourth-order valence-electron chi connectivity index (χ4n) is 3.70. The van der Waals surface area contributed by atoms with Gasteiger partial charge in [-0.25, -0.2) is 4.99 Å². The van der Waals surface area contributed by atoms with Crippen molar-refractivity contribution in [2.24, 2.45) is 4.99 Å². The standard InChI is InChI=1S/C25H35N5O2/c1-5-30(20-10-8-9-19(2)17-20)15-14-26-25(27-18-24(31)29(3)4)28-22-13-16-32-23-12-7-6-11-21(22)23/h6-12,17,22H,5,13-16,18H2,1-4H3,(H2,26,27,28). The highest BCUT2D eigenvalue weighted by atomic mass is 16.5. The molecule has 2 aromatic rings. The third kappa shape index (κ3) is 6.39. The largest absolute Gasteiger partial charge is 0.493 e. The van der Waals surface area contributed by atoms with Crippen molar-refractivity contribution in [2.75, 3.05) is 51.8 Å². The number of guanidine groups is 1. The average molecular weight is 438 g/mol. The summed E-state index contributed by atoms with van der Waals surface area (Å²) in [5.74, 6) is 1.51. The molecule has 32 heavy (non-hydrogen) atoms. The smallest absolute Gasteiger partial charge is 0.243 e. The summed E-state index contributed by atoms with van der Waals surface area (Å²) in [6, 6.07) is 16.7. The van der Waals surface area contributed by atoms with Gasteiger partial charge in [0.15, 0.2) is 5.96 Å². The summed E-state index contributed by atoms with van der Waals surface area (Å²) in [5.41, 5.74) is 3.57. The molecule has 0 aromatic heterocycles. The van der Waals surface area contributed by atoms with Crippen LogP contribution in [0.1, 0.15) is 30.5 Å². The molecule has 0 bridgehead atoms. The molecule has 0 saturated carbocycles. The highest BCUT2D eigenvalue weighted by Crippen LogP contribution is 2.31. The van der Waals surface area contributed by atoms with Gasteiger partial charge in [-0.3, -0.25) is 4.79 Å². The predicted octanol–water partition coefficient (Wildman–Crippen LogP) is 2.97. The molecule has 1 amide bonds. The van der Waals surface area contributed by atoms with Crippen LogP contribution in [-0.2, 0) is 4.79 Å². The van der Waals surface area contributed by atoms with E-state index in [0.717, 1.165) is 30.8 Å². The van der Waals surface area contributed by atoms with Crippen LogP contribution in [0.15, 0.2) is 53.5 Å². The van der Waals surface area contributed by atoms with E-state index in [4.69, 9.17) is 4.74 Å². The molecule has 1 aliphatic heterocycles. The number of likely N-dealkylation sites (N-methyl/N-ethyl adjacent to an activating group) is 2. The molecular formula is C25H35N5O2. The van der Waals surface area contributed by atoms with E-state index in [1.807, 2.05) is 18.2 Å².